The lowest BCUT2D eigenvalue weighted by atomic mass is 10.1. The van der Waals surface area contributed by atoms with Gasteiger partial charge in [0.2, 0.25) is 0 Å². The Kier molecular flexibility index (Phi) is 3.02. The van der Waals surface area contributed by atoms with E-state index in [0.29, 0.717) is 16.4 Å². The van der Waals surface area contributed by atoms with E-state index in [1.807, 2.05) is 0 Å². The van der Waals surface area contributed by atoms with Crippen molar-refractivity contribution < 1.29 is 9.59 Å². The number of nitrogens with zero attached hydrogens (tertiary/aromatic N) is 1. The van der Waals surface area contributed by atoms with E-state index in [1.54, 1.807) is 30.0 Å². The standard InChI is InChI=1S/C13H13N3O2S/c1-2-8-6-14-13(19-8)15-7-3-4-9-10(5-7)12(18)16-11(9)17/h3-5,8H,2,6H2,1H3,(H,14,15)(H,16,17,18). The fourth-order valence-electron chi connectivity index (χ4n) is 2.07. The Labute approximate surface area is 114 Å². The minimum atomic E-state index is -0.337. The van der Waals surface area contributed by atoms with Gasteiger partial charge in [0, 0.05) is 10.9 Å². The maximum atomic E-state index is 11.6. The molecule has 0 spiro atoms. The molecule has 19 heavy (non-hydrogen) atoms. The predicted molar refractivity (Wildman–Crippen MR) is 75.8 cm³/mol. The molecule has 3 rings (SSSR count). The maximum Gasteiger partial charge on any atom is 0.259 e. The number of anilines is 1. The molecule has 0 aromatic heterocycles. The number of carbonyl (C=O) groups excluding carboxylic acids is 2. The molecule has 0 saturated heterocycles. The first-order valence-electron chi connectivity index (χ1n) is 6.15. The SMILES string of the molecule is CCC1CN=C(Nc2ccc3c(c2)C(=O)NC3=O)S1. The molecule has 2 amide bonds. The van der Waals surface area contributed by atoms with Gasteiger partial charge in [-0.1, -0.05) is 18.7 Å². The van der Waals surface area contributed by atoms with Gasteiger partial charge < -0.3 is 5.32 Å². The van der Waals surface area contributed by atoms with Crippen LogP contribution in [0, 0.1) is 0 Å². The Balaban J connectivity index is 1.79. The third-order valence-electron chi connectivity index (χ3n) is 3.16. The molecule has 1 aromatic rings. The fourth-order valence-corrected chi connectivity index (χ4v) is 3.03. The van der Waals surface area contributed by atoms with Crippen molar-refractivity contribution in [2.24, 2.45) is 4.99 Å². The van der Waals surface area contributed by atoms with Gasteiger partial charge >= 0.3 is 0 Å². The first kappa shape index (κ1) is 12.2. The van der Waals surface area contributed by atoms with Gasteiger partial charge in [-0.2, -0.15) is 0 Å². The van der Waals surface area contributed by atoms with E-state index >= 15 is 0 Å². The molecule has 1 atom stereocenters. The minimum Gasteiger partial charge on any atom is -0.335 e. The van der Waals surface area contributed by atoms with Crippen molar-refractivity contribution >= 4 is 34.4 Å². The van der Waals surface area contributed by atoms with Crippen molar-refractivity contribution in [1.82, 2.24) is 5.32 Å². The molecule has 5 nitrogen and oxygen atoms in total. The number of amides is 2. The Bertz CT molecular complexity index is 598. The lowest BCUT2D eigenvalue weighted by molar-refractivity contribution is 0.0879. The van der Waals surface area contributed by atoms with Gasteiger partial charge in [0.05, 0.1) is 17.7 Å². The van der Waals surface area contributed by atoms with Gasteiger partial charge in [0.1, 0.15) is 0 Å². The molecule has 0 radical (unpaired) electrons. The summed E-state index contributed by atoms with van der Waals surface area (Å²) in [5.74, 6) is -0.665. The van der Waals surface area contributed by atoms with Crippen LogP contribution in [-0.2, 0) is 0 Å². The zero-order valence-electron chi connectivity index (χ0n) is 10.4. The van der Waals surface area contributed by atoms with Crippen molar-refractivity contribution in [1.29, 1.82) is 0 Å². The number of carbonyl (C=O) groups is 2. The van der Waals surface area contributed by atoms with Crippen LogP contribution in [0.1, 0.15) is 34.1 Å². The van der Waals surface area contributed by atoms with Crippen molar-refractivity contribution in [3.8, 4) is 0 Å². The summed E-state index contributed by atoms with van der Waals surface area (Å²) in [4.78, 5) is 27.4. The number of benzene rings is 1. The van der Waals surface area contributed by atoms with E-state index in [2.05, 4.69) is 22.5 Å². The lowest BCUT2D eigenvalue weighted by Crippen LogP contribution is -2.19. The second-order valence-corrected chi connectivity index (χ2v) is 5.75. The predicted octanol–water partition coefficient (Wildman–Crippen LogP) is 1.86. The second-order valence-electron chi connectivity index (χ2n) is 4.46. The summed E-state index contributed by atoms with van der Waals surface area (Å²) in [6.07, 6.45) is 1.08. The zero-order chi connectivity index (χ0) is 13.4. The van der Waals surface area contributed by atoms with Crippen LogP contribution in [-0.4, -0.2) is 28.8 Å². The summed E-state index contributed by atoms with van der Waals surface area (Å²) in [5.41, 5.74) is 1.64. The number of hydrogen-bond donors (Lipinski definition) is 2. The van der Waals surface area contributed by atoms with Crippen LogP contribution in [0.2, 0.25) is 0 Å². The van der Waals surface area contributed by atoms with Crippen molar-refractivity contribution in [2.45, 2.75) is 18.6 Å². The molecule has 2 N–H and O–H groups in total. The maximum absolute atomic E-state index is 11.6. The first-order valence-corrected chi connectivity index (χ1v) is 7.03. The number of hydrogen-bond acceptors (Lipinski definition) is 5. The second kappa shape index (κ2) is 4.70. The summed E-state index contributed by atoms with van der Waals surface area (Å²) in [6.45, 7) is 2.97. The van der Waals surface area contributed by atoms with Crippen LogP contribution >= 0.6 is 11.8 Å². The zero-order valence-corrected chi connectivity index (χ0v) is 11.2. The topological polar surface area (TPSA) is 70.6 Å². The third kappa shape index (κ3) is 2.23. The Morgan fingerprint density at radius 2 is 2.16 bits per heavy atom. The van der Waals surface area contributed by atoms with Crippen LogP contribution in [0.25, 0.3) is 0 Å². The summed E-state index contributed by atoms with van der Waals surface area (Å²) >= 11 is 1.71. The molecule has 1 unspecified atom stereocenters. The van der Waals surface area contributed by atoms with Crippen LogP contribution in [0.5, 0.6) is 0 Å². The number of fused-ring (bicyclic) bond motifs is 1. The smallest absolute Gasteiger partial charge is 0.259 e. The molecule has 2 aliphatic heterocycles. The van der Waals surface area contributed by atoms with Crippen molar-refractivity contribution in [3.05, 3.63) is 29.3 Å². The van der Waals surface area contributed by atoms with Crippen molar-refractivity contribution in [2.75, 3.05) is 11.9 Å². The number of imide groups is 1. The highest BCUT2D eigenvalue weighted by atomic mass is 32.2. The Morgan fingerprint density at radius 3 is 2.89 bits per heavy atom. The van der Waals surface area contributed by atoms with Gasteiger partial charge in [0.15, 0.2) is 5.17 Å². The largest absolute Gasteiger partial charge is 0.335 e. The summed E-state index contributed by atoms with van der Waals surface area (Å²) in [6, 6.07) is 5.15. The van der Waals surface area contributed by atoms with E-state index in [1.165, 1.54) is 0 Å². The molecule has 2 aliphatic rings. The summed E-state index contributed by atoms with van der Waals surface area (Å²) < 4.78 is 0. The van der Waals surface area contributed by atoms with Gasteiger partial charge in [-0.05, 0) is 24.6 Å². The first-order chi connectivity index (χ1) is 9.17. The van der Waals surface area contributed by atoms with E-state index in [0.717, 1.165) is 23.8 Å². The quantitative estimate of drug-likeness (QED) is 0.808. The van der Waals surface area contributed by atoms with Gasteiger partial charge in [-0.25, -0.2) is 0 Å². The molecular formula is C13H13N3O2S. The lowest BCUT2D eigenvalue weighted by Gasteiger charge is -2.07. The fraction of sp³-hybridized carbons (Fsp3) is 0.308. The molecule has 0 saturated carbocycles. The third-order valence-corrected chi connectivity index (χ3v) is 4.43. The van der Waals surface area contributed by atoms with Gasteiger partial charge in [-0.15, -0.1) is 0 Å². The van der Waals surface area contributed by atoms with Crippen LogP contribution in [0.15, 0.2) is 23.2 Å². The average Bonchev–Trinajstić information content (AvgIpc) is 2.96. The van der Waals surface area contributed by atoms with E-state index < -0.39 is 0 Å². The number of rotatable bonds is 2. The van der Waals surface area contributed by atoms with Gasteiger partial charge in [-0.3, -0.25) is 19.9 Å². The highest BCUT2D eigenvalue weighted by molar-refractivity contribution is 8.15. The van der Waals surface area contributed by atoms with E-state index in [-0.39, 0.29) is 11.8 Å². The summed E-state index contributed by atoms with van der Waals surface area (Å²) in [5, 5.41) is 6.87. The normalized spacial score (nSPS) is 21.1. The van der Waals surface area contributed by atoms with E-state index in [4.69, 9.17) is 0 Å². The monoisotopic (exact) mass is 275 g/mol. The Morgan fingerprint density at radius 1 is 1.37 bits per heavy atom. The minimum absolute atomic E-state index is 0.329. The molecule has 0 bridgehead atoms. The number of nitrogens with one attached hydrogen (secondary N) is 2. The summed E-state index contributed by atoms with van der Waals surface area (Å²) in [7, 11) is 0. The Hall–Kier alpha value is -1.82. The molecule has 98 valence electrons. The number of amidine groups is 1. The molecule has 0 fully saturated rings. The van der Waals surface area contributed by atoms with Crippen molar-refractivity contribution in [3.63, 3.8) is 0 Å². The van der Waals surface area contributed by atoms with Crippen LogP contribution < -0.4 is 10.6 Å². The van der Waals surface area contributed by atoms with Crippen LogP contribution in [0.3, 0.4) is 0 Å². The number of aliphatic imine (C=N–C) groups is 1. The molecule has 2 heterocycles. The molecular weight excluding hydrogens is 262 g/mol. The highest BCUT2D eigenvalue weighted by Gasteiger charge is 2.27. The average molecular weight is 275 g/mol. The van der Waals surface area contributed by atoms with E-state index in [9.17, 15) is 9.59 Å². The molecule has 0 aliphatic carbocycles. The van der Waals surface area contributed by atoms with Crippen LogP contribution in [0.4, 0.5) is 5.69 Å². The number of thioether (sulfide) groups is 1. The highest BCUT2D eigenvalue weighted by Crippen LogP contribution is 2.26. The van der Waals surface area contributed by atoms with Gasteiger partial charge in [0.25, 0.3) is 11.8 Å². The molecule has 6 heteroatoms. The molecule has 1 aromatic carbocycles.